The van der Waals surface area contributed by atoms with Gasteiger partial charge in [0.1, 0.15) is 0 Å². The van der Waals surface area contributed by atoms with Crippen molar-refractivity contribution in [3.8, 4) is 11.5 Å². The van der Waals surface area contributed by atoms with Gasteiger partial charge >= 0.3 is 0 Å². The number of carbonyl (C=O) groups excluding carboxylic acids is 1. The molecule has 5 nitrogen and oxygen atoms in total. The van der Waals surface area contributed by atoms with Gasteiger partial charge in [-0.15, -0.1) is 0 Å². The van der Waals surface area contributed by atoms with E-state index in [1.54, 1.807) is 0 Å². The topological polar surface area (TPSA) is 80.7 Å². The van der Waals surface area contributed by atoms with E-state index in [0.29, 0.717) is 11.1 Å². The summed E-state index contributed by atoms with van der Waals surface area (Å²) in [6, 6.07) is 8.71. The van der Waals surface area contributed by atoms with Gasteiger partial charge in [-0.1, -0.05) is 17.7 Å². The van der Waals surface area contributed by atoms with Gasteiger partial charge in [0.15, 0.2) is 27.1 Å². The highest BCUT2D eigenvalue weighted by atomic mass is 35.5. The molecular formula is C17H15ClO5S. The number of benzene rings is 2. The largest absolute Gasteiger partial charge is 0.503 e. The number of ketones is 1. The molecule has 2 aromatic rings. The van der Waals surface area contributed by atoms with Crippen LogP contribution in [0.3, 0.4) is 0 Å². The van der Waals surface area contributed by atoms with Gasteiger partial charge in [-0.2, -0.15) is 0 Å². The molecule has 0 aliphatic carbocycles. The van der Waals surface area contributed by atoms with E-state index in [9.17, 15) is 18.3 Å². The van der Waals surface area contributed by atoms with E-state index in [-0.39, 0.29) is 27.2 Å². The highest BCUT2D eigenvalue weighted by Gasteiger charge is 2.10. The Balaban J connectivity index is 2.23. The maximum Gasteiger partial charge on any atom is 0.185 e. The van der Waals surface area contributed by atoms with E-state index in [1.807, 2.05) is 0 Å². The quantitative estimate of drug-likeness (QED) is 0.648. The molecule has 24 heavy (non-hydrogen) atoms. The molecule has 1 N–H and O–H groups in total. The average Bonchev–Trinajstić information content (AvgIpc) is 2.54. The lowest BCUT2D eigenvalue weighted by Gasteiger charge is -2.06. The molecule has 0 unspecified atom stereocenters. The van der Waals surface area contributed by atoms with E-state index in [0.717, 1.165) is 6.26 Å². The number of allylic oxidation sites excluding steroid dienone is 1. The minimum atomic E-state index is -3.30. The first kappa shape index (κ1) is 18.0. The Kier molecular flexibility index (Phi) is 5.31. The van der Waals surface area contributed by atoms with Gasteiger partial charge in [-0.3, -0.25) is 4.79 Å². The summed E-state index contributed by atoms with van der Waals surface area (Å²) in [5.41, 5.74) is 0.936. The number of rotatable bonds is 5. The van der Waals surface area contributed by atoms with Crippen molar-refractivity contribution in [1.29, 1.82) is 0 Å². The van der Waals surface area contributed by atoms with Crippen molar-refractivity contribution < 1.29 is 23.1 Å². The zero-order valence-electron chi connectivity index (χ0n) is 13.0. The molecule has 0 saturated carbocycles. The van der Waals surface area contributed by atoms with Crippen LogP contribution in [0.1, 0.15) is 15.9 Å². The lowest BCUT2D eigenvalue weighted by atomic mass is 10.1. The van der Waals surface area contributed by atoms with Gasteiger partial charge in [0.25, 0.3) is 0 Å². The summed E-state index contributed by atoms with van der Waals surface area (Å²) < 4.78 is 27.8. The molecule has 0 aliphatic heterocycles. The Labute approximate surface area is 145 Å². The third-order valence-electron chi connectivity index (χ3n) is 3.26. The van der Waals surface area contributed by atoms with Crippen LogP contribution in [0.4, 0.5) is 0 Å². The minimum absolute atomic E-state index is 0.110. The molecule has 126 valence electrons. The number of methoxy groups -OCH3 is 1. The molecule has 0 aliphatic rings. The molecule has 0 saturated heterocycles. The lowest BCUT2D eigenvalue weighted by Crippen LogP contribution is -1.99. The summed E-state index contributed by atoms with van der Waals surface area (Å²) >= 11 is 5.88. The Morgan fingerprint density at radius 2 is 1.83 bits per heavy atom. The van der Waals surface area contributed by atoms with Crippen molar-refractivity contribution in [2.75, 3.05) is 13.4 Å². The van der Waals surface area contributed by atoms with Gasteiger partial charge in [-0.05, 0) is 48.0 Å². The number of ether oxygens (including phenoxy) is 1. The van der Waals surface area contributed by atoms with Crippen molar-refractivity contribution in [2.24, 2.45) is 0 Å². The number of phenols is 1. The maximum atomic E-state index is 12.1. The molecule has 0 heterocycles. The predicted molar refractivity (Wildman–Crippen MR) is 92.6 cm³/mol. The molecule has 0 aromatic heterocycles. The Bertz CT molecular complexity index is 899. The number of sulfone groups is 1. The summed E-state index contributed by atoms with van der Waals surface area (Å²) in [4.78, 5) is 12.3. The van der Waals surface area contributed by atoms with Crippen molar-refractivity contribution in [2.45, 2.75) is 4.90 Å². The van der Waals surface area contributed by atoms with Gasteiger partial charge in [0, 0.05) is 11.8 Å². The Hall–Kier alpha value is -2.31. The van der Waals surface area contributed by atoms with Gasteiger partial charge < -0.3 is 9.84 Å². The van der Waals surface area contributed by atoms with Crippen LogP contribution in [0.2, 0.25) is 5.02 Å². The third kappa shape index (κ3) is 4.15. The number of carbonyl (C=O) groups is 1. The summed E-state index contributed by atoms with van der Waals surface area (Å²) in [6.45, 7) is 0. The minimum Gasteiger partial charge on any atom is -0.503 e. The normalized spacial score (nSPS) is 11.6. The Morgan fingerprint density at radius 1 is 1.21 bits per heavy atom. The van der Waals surface area contributed by atoms with Crippen molar-refractivity contribution in [1.82, 2.24) is 0 Å². The second kappa shape index (κ2) is 7.07. The number of phenolic OH excluding ortho intramolecular Hbond substituents is 1. The molecule has 2 rings (SSSR count). The van der Waals surface area contributed by atoms with Crippen LogP contribution in [-0.4, -0.2) is 32.7 Å². The zero-order chi connectivity index (χ0) is 17.9. The zero-order valence-corrected chi connectivity index (χ0v) is 14.6. The van der Waals surface area contributed by atoms with Crippen LogP contribution in [0.25, 0.3) is 6.08 Å². The predicted octanol–water partition coefficient (Wildman–Crippen LogP) is 3.35. The van der Waals surface area contributed by atoms with Crippen LogP contribution < -0.4 is 4.74 Å². The number of aromatic hydroxyl groups is 1. The van der Waals surface area contributed by atoms with Crippen LogP contribution >= 0.6 is 11.6 Å². The van der Waals surface area contributed by atoms with Crippen LogP contribution in [0.5, 0.6) is 11.5 Å². The molecule has 7 heteroatoms. The fourth-order valence-corrected chi connectivity index (χ4v) is 2.83. The summed E-state index contributed by atoms with van der Waals surface area (Å²) in [5, 5.41) is 9.78. The second-order valence-corrected chi connectivity index (χ2v) is 7.47. The van der Waals surface area contributed by atoms with E-state index < -0.39 is 9.84 Å². The number of hydrogen-bond acceptors (Lipinski definition) is 5. The first-order valence-electron chi connectivity index (χ1n) is 6.81. The van der Waals surface area contributed by atoms with Crippen molar-refractivity contribution in [3.63, 3.8) is 0 Å². The van der Waals surface area contributed by atoms with E-state index in [1.165, 1.54) is 55.7 Å². The Morgan fingerprint density at radius 3 is 2.38 bits per heavy atom. The molecule has 0 amide bonds. The molecule has 0 fully saturated rings. The molecule has 0 bridgehead atoms. The maximum absolute atomic E-state index is 12.1. The standard InChI is InChI=1S/C17H15ClO5S/c1-23-16-10-11(9-14(18)17(16)20)3-8-15(19)12-4-6-13(7-5-12)24(2,21)22/h3-10,20H,1-2H3/b8-3+. The highest BCUT2D eigenvalue weighted by Crippen LogP contribution is 2.35. The van der Waals surface area contributed by atoms with E-state index in [2.05, 4.69) is 0 Å². The van der Waals surface area contributed by atoms with Crippen molar-refractivity contribution >= 4 is 33.3 Å². The van der Waals surface area contributed by atoms with Gasteiger partial charge in [0.2, 0.25) is 0 Å². The molecule has 0 atom stereocenters. The molecule has 0 radical (unpaired) electrons. The monoisotopic (exact) mass is 366 g/mol. The smallest absolute Gasteiger partial charge is 0.185 e. The highest BCUT2D eigenvalue weighted by molar-refractivity contribution is 7.90. The fraction of sp³-hybridized carbons (Fsp3) is 0.118. The summed E-state index contributed by atoms with van der Waals surface area (Å²) in [7, 11) is -1.90. The summed E-state index contributed by atoms with van der Waals surface area (Å²) in [6.07, 6.45) is 3.96. The van der Waals surface area contributed by atoms with Crippen LogP contribution in [0.15, 0.2) is 47.4 Å². The molecule has 0 spiro atoms. The first-order valence-corrected chi connectivity index (χ1v) is 9.08. The van der Waals surface area contributed by atoms with E-state index >= 15 is 0 Å². The van der Waals surface area contributed by atoms with Crippen LogP contribution in [0, 0.1) is 0 Å². The lowest BCUT2D eigenvalue weighted by molar-refractivity contribution is 0.104. The number of halogens is 1. The SMILES string of the molecule is COc1cc(/C=C/C(=O)c2ccc(S(C)(=O)=O)cc2)cc(Cl)c1O. The number of hydrogen-bond donors (Lipinski definition) is 1. The van der Waals surface area contributed by atoms with Gasteiger partial charge in [0.05, 0.1) is 17.0 Å². The fourth-order valence-electron chi connectivity index (χ4n) is 1.98. The third-order valence-corrected chi connectivity index (χ3v) is 4.68. The average molecular weight is 367 g/mol. The van der Waals surface area contributed by atoms with E-state index in [4.69, 9.17) is 16.3 Å². The molecular weight excluding hydrogens is 352 g/mol. The molecule has 2 aromatic carbocycles. The van der Waals surface area contributed by atoms with Crippen LogP contribution in [-0.2, 0) is 9.84 Å². The summed E-state index contributed by atoms with van der Waals surface area (Å²) in [5.74, 6) is -0.260. The first-order chi connectivity index (χ1) is 11.2. The van der Waals surface area contributed by atoms with Gasteiger partial charge in [-0.25, -0.2) is 8.42 Å². The second-order valence-electron chi connectivity index (χ2n) is 5.05. The van der Waals surface area contributed by atoms with Crippen molar-refractivity contribution in [3.05, 3.63) is 58.6 Å².